The van der Waals surface area contributed by atoms with Crippen LogP contribution >= 0.6 is 22.9 Å². The number of nitrogens with zero attached hydrogens (tertiary/aromatic N) is 3. The Bertz CT molecular complexity index is 1140. The zero-order valence-electron chi connectivity index (χ0n) is 17.5. The zero-order chi connectivity index (χ0) is 22.6. The van der Waals surface area contributed by atoms with Gasteiger partial charge in [-0.05, 0) is 36.4 Å². The van der Waals surface area contributed by atoms with Gasteiger partial charge in [0.1, 0.15) is 0 Å². The number of carbonyl (C=O) groups is 1. The van der Waals surface area contributed by atoms with E-state index < -0.39 is 9.84 Å². The fourth-order valence-corrected chi connectivity index (χ4v) is 5.97. The van der Waals surface area contributed by atoms with E-state index in [1.54, 1.807) is 11.3 Å². The summed E-state index contributed by atoms with van der Waals surface area (Å²) in [6.45, 7) is 4.83. The molecule has 0 radical (unpaired) electrons. The molecule has 1 saturated heterocycles. The summed E-state index contributed by atoms with van der Waals surface area (Å²) in [4.78, 5) is 21.6. The standard InChI is InChI=1S/C22H25ClN4O3S2/c23-17-5-7-18(8-6-17)32(29,30)16-9-21(28)24-10-11-26-12-14-27(15-13-26)22-25-19-3-1-2-4-20(19)31-22/h1-8H,9-16H2,(H,24,28). The normalized spacial score (nSPS) is 15.2. The molecule has 0 aliphatic carbocycles. The maximum Gasteiger partial charge on any atom is 0.221 e. The van der Waals surface area contributed by atoms with Gasteiger partial charge in [0.15, 0.2) is 15.0 Å². The van der Waals surface area contributed by atoms with Crippen LogP contribution in [0.15, 0.2) is 53.4 Å². The molecule has 2 aromatic carbocycles. The van der Waals surface area contributed by atoms with Crippen molar-refractivity contribution in [3.63, 3.8) is 0 Å². The number of thiazole rings is 1. The number of carbonyl (C=O) groups excluding carboxylic acids is 1. The van der Waals surface area contributed by atoms with E-state index in [1.807, 2.05) is 18.2 Å². The monoisotopic (exact) mass is 492 g/mol. The van der Waals surface area contributed by atoms with Crippen molar-refractivity contribution in [3.8, 4) is 0 Å². The van der Waals surface area contributed by atoms with Crippen LogP contribution in [0.1, 0.15) is 6.42 Å². The first-order valence-electron chi connectivity index (χ1n) is 10.5. The van der Waals surface area contributed by atoms with Crippen molar-refractivity contribution in [1.29, 1.82) is 0 Å². The van der Waals surface area contributed by atoms with Gasteiger partial charge in [-0.2, -0.15) is 0 Å². The summed E-state index contributed by atoms with van der Waals surface area (Å²) in [5, 5.41) is 4.36. The molecule has 7 nitrogen and oxygen atoms in total. The Morgan fingerprint density at radius 3 is 2.50 bits per heavy atom. The topological polar surface area (TPSA) is 82.6 Å². The Hall–Kier alpha value is -2.20. The van der Waals surface area contributed by atoms with Gasteiger partial charge in [-0.15, -0.1) is 0 Å². The average Bonchev–Trinajstić information content (AvgIpc) is 3.23. The van der Waals surface area contributed by atoms with E-state index in [4.69, 9.17) is 16.6 Å². The molecule has 1 fully saturated rings. The van der Waals surface area contributed by atoms with E-state index in [2.05, 4.69) is 21.2 Å². The number of piperazine rings is 1. The number of rotatable bonds is 8. The predicted octanol–water partition coefficient (Wildman–Crippen LogP) is 3.05. The Balaban J connectivity index is 1.17. The third-order valence-electron chi connectivity index (χ3n) is 5.45. The molecule has 0 bridgehead atoms. The molecule has 0 atom stereocenters. The Morgan fingerprint density at radius 1 is 1.06 bits per heavy atom. The lowest BCUT2D eigenvalue weighted by molar-refractivity contribution is -0.120. The second-order valence-electron chi connectivity index (χ2n) is 7.67. The molecule has 1 aliphatic heterocycles. The van der Waals surface area contributed by atoms with Gasteiger partial charge in [0.25, 0.3) is 0 Å². The van der Waals surface area contributed by atoms with E-state index in [0.717, 1.165) is 43.4 Å². The molecular weight excluding hydrogens is 468 g/mol. The Morgan fingerprint density at radius 2 is 1.78 bits per heavy atom. The van der Waals surface area contributed by atoms with E-state index in [1.165, 1.54) is 29.0 Å². The molecule has 3 aromatic rings. The first-order valence-corrected chi connectivity index (χ1v) is 13.3. The van der Waals surface area contributed by atoms with Crippen molar-refractivity contribution in [2.24, 2.45) is 0 Å². The highest BCUT2D eigenvalue weighted by Crippen LogP contribution is 2.29. The van der Waals surface area contributed by atoms with E-state index >= 15 is 0 Å². The second-order valence-corrected chi connectivity index (χ2v) is 11.2. The molecule has 1 aliphatic rings. The summed E-state index contributed by atoms with van der Waals surface area (Å²) in [5.41, 5.74) is 1.04. The molecular formula is C22H25ClN4O3S2. The van der Waals surface area contributed by atoms with Gasteiger partial charge in [-0.25, -0.2) is 13.4 Å². The van der Waals surface area contributed by atoms with Crippen LogP contribution in [0.5, 0.6) is 0 Å². The van der Waals surface area contributed by atoms with Crippen LogP contribution in [-0.4, -0.2) is 69.2 Å². The van der Waals surface area contributed by atoms with Gasteiger partial charge in [-0.3, -0.25) is 9.69 Å². The fourth-order valence-electron chi connectivity index (χ4n) is 3.59. The molecule has 1 N–H and O–H groups in total. The maximum absolute atomic E-state index is 12.3. The Labute approximate surface area is 196 Å². The van der Waals surface area contributed by atoms with Gasteiger partial charge >= 0.3 is 0 Å². The molecule has 1 amide bonds. The number of halogens is 1. The van der Waals surface area contributed by atoms with Crippen molar-refractivity contribution in [2.45, 2.75) is 11.3 Å². The molecule has 0 saturated carbocycles. The lowest BCUT2D eigenvalue weighted by Gasteiger charge is -2.34. The Kier molecular flexibility index (Phi) is 7.30. The van der Waals surface area contributed by atoms with Gasteiger partial charge in [0.2, 0.25) is 5.91 Å². The smallest absolute Gasteiger partial charge is 0.221 e. The number of benzene rings is 2. The highest BCUT2D eigenvalue weighted by molar-refractivity contribution is 7.91. The van der Waals surface area contributed by atoms with Crippen LogP contribution in [0.25, 0.3) is 10.2 Å². The minimum atomic E-state index is -3.50. The molecule has 10 heteroatoms. The number of nitrogens with one attached hydrogen (secondary N) is 1. The molecule has 0 spiro atoms. The number of hydrogen-bond donors (Lipinski definition) is 1. The lowest BCUT2D eigenvalue weighted by atomic mass is 10.3. The lowest BCUT2D eigenvalue weighted by Crippen LogP contribution is -2.48. The summed E-state index contributed by atoms with van der Waals surface area (Å²) < 4.78 is 25.9. The summed E-state index contributed by atoms with van der Waals surface area (Å²) in [7, 11) is -3.50. The number of hydrogen-bond acceptors (Lipinski definition) is 7. The molecule has 2 heterocycles. The summed E-state index contributed by atoms with van der Waals surface area (Å²) >= 11 is 7.52. The van der Waals surface area contributed by atoms with E-state index in [-0.39, 0.29) is 23.0 Å². The number of amides is 1. The van der Waals surface area contributed by atoms with E-state index in [0.29, 0.717) is 11.6 Å². The first kappa shape index (κ1) is 23.0. The number of anilines is 1. The van der Waals surface area contributed by atoms with Crippen LogP contribution in [0.3, 0.4) is 0 Å². The number of para-hydroxylation sites is 1. The van der Waals surface area contributed by atoms with Crippen LogP contribution in [0.4, 0.5) is 5.13 Å². The largest absolute Gasteiger partial charge is 0.355 e. The predicted molar refractivity (Wildman–Crippen MR) is 129 cm³/mol. The van der Waals surface area contributed by atoms with Crippen molar-refractivity contribution < 1.29 is 13.2 Å². The quantitative estimate of drug-likeness (QED) is 0.520. The minimum absolute atomic E-state index is 0.0592. The SMILES string of the molecule is O=C(CCS(=O)(=O)c1ccc(Cl)cc1)NCCN1CCN(c2nc3ccccc3s2)CC1. The summed E-state index contributed by atoms with van der Waals surface area (Å²) in [6.07, 6.45) is -0.0592. The fraction of sp³-hybridized carbons (Fsp3) is 0.364. The van der Waals surface area contributed by atoms with Crippen molar-refractivity contribution in [3.05, 3.63) is 53.6 Å². The average molecular weight is 493 g/mol. The second kappa shape index (κ2) is 10.2. The van der Waals surface area contributed by atoms with Crippen LogP contribution in [0, 0.1) is 0 Å². The van der Waals surface area contributed by atoms with Crippen molar-refractivity contribution in [1.82, 2.24) is 15.2 Å². The third-order valence-corrected chi connectivity index (χ3v) is 8.53. The van der Waals surface area contributed by atoms with Crippen LogP contribution in [-0.2, 0) is 14.6 Å². The van der Waals surface area contributed by atoms with Gasteiger partial charge < -0.3 is 10.2 Å². The van der Waals surface area contributed by atoms with Gasteiger partial charge in [0.05, 0.1) is 20.9 Å². The molecule has 1 aromatic heterocycles. The number of sulfone groups is 1. The van der Waals surface area contributed by atoms with Crippen LogP contribution in [0.2, 0.25) is 5.02 Å². The van der Waals surface area contributed by atoms with E-state index in [9.17, 15) is 13.2 Å². The van der Waals surface area contributed by atoms with Crippen LogP contribution < -0.4 is 10.2 Å². The molecule has 0 unspecified atom stereocenters. The first-order chi connectivity index (χ1) is 15.4. The summed E-state index contributed by atoms with van der Waals surface area (Å²) in [5.74, 6) is -0.475. The number of aromatic nitrogens is 1. The maximum atomic E-state index is 12.3. The summed E-state index contributed by atoms with van der Waals surface area (Å²) in [6, 6.07) is 14.2. The van der Waals surface area contributed by atoms with Crippen molar-refractivity contribution in [2.75, 3.05) is 49.9 Å². The highest BCUT2D eigenvalue weighted by atomic mass is 35.5. The zero-order valence-corrected chi connectivity index (χ0v) is 19.9. The van der Waals surface area contributed by atoms with Gasteiger partial charge in [0, 0.05) is 50.7 Å². The molecule has 170 valence electrons. The van der Waals surface area contributed by atoms with Crippen molar-refractivity contribution >= 4 is 54.0 Å². The molecule has 32 heavy (non-hydrogen) atoms. The molecule has 4 rings (SSSR count). The van der Waals surface area contributed by atoms with Gasteiger partial charge in [-0.1, -0.05) is 35.1 Å². The third kappa shape index (κ3) is 5.78. The number of fused-ring (bicyclic) bond motifs is 1. The highest BCUT2D eigenvalue weighted by Gasteiger charge is 2.20. The minimum Gasteiger partial charge on any atom is -0.355 e.